The van der Waals surface area contributed by atoms with E-state index in [2.05, 4.69) is 10.3 Å². The van der Waals surface area contributed by atoms with Gasteiger partial charge in [-0.15, -0.1) is 11.3 Å². The molecule has 1 saturated heterocycles. The predicted molar refractivity (Wildman–Crippen MR) is 93.5 cm³/mol. The Morgan fingerprint density at radius 3 is 2.63 bits per heavy atom. The Kier molecular flexibility index (Phi) is 5.09. The lowest BCUT2D eigenvalue weighted by Gasteiger charge is -2.19. The number of halogens is 3. The Morgan fingerprint density at radius 2 is 2.07 bits per heavy atom. The van der Waals surface area contributed by atoms with Crippen LogP contribution in [-0.4, -0.2) is 46.3 Å². The predicted octanol–water partition coefficient (Wildman–Crippen LogP) is 3.85. The van der Waals surface area contributed by atoms with Crippen molar-refractivity contribution in [3.8, 4) is 10.6 Å². The van der Waals surface area contributed by atoms with E-state index in [1.54, 1.807) is 18.2 Å². The van der Waals surface area contributed by atoms with Crippen LogP contribution in [0.4, 0.5) is 23.7 Å². The highest BCUT2D eigenvalue weighted by Crippen LogP contribution is 2.38. The summed E-state index contributed by atoms with van der Waals surface area (Å²) in [7, 11) is 0. The first kappa shape index (κ1) is 19.2. The summed E-state index contributed by atoms with van der Waals surface area (Å²) >= 11 is 1.44. The van der Waals surface area contributed by atoms with Crippen LogP contribution in [0.15, 0.2) is 29.6 Å². The van der Waals surface area contributed by atoms with Gasteiger partial charge in [0, 0.05) is 35.4 Å². The molecule has 2 atom stereocenters. The molecule has 1 aliphatic rings. The number of amides is 2. The fourth-order valence-corrected chi connectivity index (χ4v) is 3.77. The summed E-state index contributed by atoms with van der Waals surface area (Å²) < 4.78 is 39.1. The first-order valence-electron chi connectivity index (χ1n) is 8.03. The van der Waals surface area contributed by atoms with Crippen LogP contribution in [0.25, 0.3) is 10.6 Å². The van der Waals surface area contributed by atoms with Crippen molar-refractivity contribution in [1.82, 2.24) is 9.88 Å². The second-order valence-corrected chi connectivity index (χ2v) is 7.16. The number of thiazole rings is 1. The summed E-state index contributed by atoms with van der Waals surface area (Å²) in [5.41, 5.74) is 2.02. The number of nitrogens with zero attached hydrogens (tertiary/aromatic N) is 2. The monoisotopic (exact) mass is 399 g/mol. The lowest BCUT2D eigenvalue weighted by molar-refractivity contribution is -0.187. The zero-order valence-corrected chi connectivity index (χ0v) is 15.0. The molecule has 0 unspecified atom stereocenters. The van der Waals surface area contributed by atoms with E-state index in [9.17, 15) is 22.8 Å². The average Bonchev–Trinajstić information content (AvgIpc) is 3.21. The fourth-order valence-electron chi connectivity index (χ4n) is 2.97. The normalized spacial score (nSPS) is 19.9. The molecule has 1 fully saturated rings. The van der Waals surface area contributed by atoms with Gasteiger partial charge in [-0.2, -0.15) is 13.2 Å². The molecular weight excluding hydrogens is 383 g/mol. The third-order valence-electron chi connectivity index (χ3n) is 4.32. The number of hydrogen-bond donors (Lipinski definition) is 2. The number of rotatable bonds is 3. The van der Waals surface area contributed by atoms with Crippen LogP contribution in [0.3, 0.4) is 0 Å². The molecule has 2 aromatic rings. The summed E-state index contributed by atoms with van der Waals surface area (Å²) in [6, 6.07) is 6.02. The minimum atomic E-state index is -4.68. The highest BCUT2D eigenvalue weighted by atomic mass is 32.1. The van der Waals surface area contributed by atoms with Crippen molar-refractivity contribution in [2.24, 2.45) is 11.8 Å². The molecule has 0 radical (unpaired) electrons. The van der Waals surface area contributed by atoms with Crippen molar-refractivity contribution in [1.29, 1.82) is 0 Å². The van der Waals surface area contributed by atoms with Crippen molar-refractivity contribution in [3.05, 3.63) is 35.3 Å². The number of urea groups is 1. The topological polar surface area (TPSA) is 82.5 Å². The van der Waals surface area contributed by atoms with Crippen LogP contribution in [0, 0.1) is 18.8 Å². The van der Waals surface area contributed by atoms with Gasteiger partial charge in [-0.05, 0) is 19.1 Å². The molecular formula is C17H16F3N3O3S. The number of anilines is 1. The number of nitrogens with one attached hydrogen (secondary N) is 1. The number of carbonyl (C=O) groups excluding carboxylic acids is 1. The van der Waals surface area contributed by atoms with E-state index >= 15 is 0 Å². The molecule has 144 valence electrons. The zero-order chi connectivity index (χ0) is 19.8. The van der Waals surface area contributed by atoms with Crippen LogP contribution in [-0.2, 0) is 4.79 Å². The molecule has 1 aliphatic heterocycles. The zero-order valence-electron chi connectivity index (χ0n) is 14.2. The number of carboxylic acids is 1. The van der Waals surface area contributed by atoms with E-state index in [0.717, 1.165) is 21.2 Å². The molecule has 3 rings (SSSR count). The van der Waals surface area contributed by atoms with Crippen molar-refractivity contribution in [3.63, 3.8) is 0 Å². The Morgan fingerprint density at radius 1 is 1.33 bits per heavy atom. The number of hydrogen-bond acceptors (Lipinski definition) is 4. The lowest BCUT2D eigenvalue weighted by Crippen LogP contribution is -2.35. The first-order valence-corrected chi connectivity index (χ1v) is 8.91. The standard InChI is InChI=1S/C17H16F3N3O3S/c1-9-8-27-14(21-9)10-3-2-4-11(5-10)22-16(26)23-6-12(15(24)25)13(7-23)17(18,19)20/h2-5,8,12-13H,6-7H2,1H3,(H,22,26)(H,24,25)/t12-,13-/m1/s1. The highest BCUT2D eigenvalue weighted by Gasteiger charge is 2.53. The van der Waals surface area contributed by atoms with Crippen molar-refractivity contribution in [2.45, 2.75) is 13.1 Å². The number of carbonyl (C=O) groups is 2. The fraction of sp³-hybridized carbons (Fsp3) is 0.353. The highest BCUT2D eigenvalue weighted by molar-refractivity contribution is 7.13. The number of alkyl halides is 3. The van der Waals surface area contributed by atoms with Gasteiger partial charge in [0.2, 0.25) is 0 Å². The van der Waals surface area contributed by atoms with Gasteiger partial charge in [0.15, 0.2) is 0 Å². The molecule has 0 bridgehead atoms. The van der Waals surface area contributed by atoms with E-state index in [1.165, 1.54) is 11.3 Å². The van der Waals surface area contributed by atoms with Gasteiger partial charge in [0.25, 0.3) is 0 Å². The van der Waals surface area contributed by atoms with Gasteiger partial charge in [-0.1, -0.05) is 12.1 Å². The third kappa shape index (κ3) is 4.21. The van der Waals surface area contributed by atoms with Crippen molar-refractivity contribution < 1.29 is 27.9 Å². The molecule has 0 saturated carbocycles. The average molecular weight is 399 g/mol. The quantitative estimate of drug-likeness (QED) is 0.822. The molecule has 27 heavy (non-hydrogen) atoms. The lowest BCUT2D eigenvalue weighted by atomic mass is 9.96. The second kappa shape index (κ2) is 7.18. The molecule has 2 heterocycles. The van der Waals surface area contributed by atoms with Crippen molar-refractivity contribution in [2.75, 3.05) is 18.4 Å². The number of aryl methyl sites for hydroxylation is 1. The maximum Gasteiger partial charge on any atom is 0.394 e. The minimum Gasteiger partial charge on any atom is -0.481 e. The minimum absolute atomic E-state index is 0.396. The van der Waals surface area contributed by atoms with Gasteiger partial charge in [-0.25, -0.2) is 9.78 Å². The summed E-state index contributed by atoms with van der Waals surface area (Å²) in [5.74, 6) is -5.31. The molecule has 10 heteroatoms. The first-order chi connectivity index (χ1) is 12.6. The van der Waals surface area contributed by atoms with Gasteiger partial charge in [0.1, 0.15) is 5.01 Å². The summed E-state index contributed by atoms with van der Waals surface area (Å²) in [6.07, 6.45) is -4.68. The maximum atomic E-state index is 13.0. The smallest absolute Gasteiger partial charge is 0.394 e. The Hall–Kier alpha value is -2.62. The molecule has 6 nitrogen and oxygen atoms in total. The van der Waals surface area contributed by atoms with Gasteiger partial charge >= 0.3 is 18.2 Å². The SMILES string of the molecule is Cc1csc(-c2cccc(NC(=O)N3C[C@@H](C(F)(F)F)[C@H](C(=O)O)C3)c2)n1. The number of aromatic nitrogens is 1. The molecule has 1 aromatic carbocycles. The van der Waals surface area contributed by atoms with E-state index in [4.69, 9.17) is 5.11 Å². The maximum absolute atomic E-state index is 13.0. The van der Waals surface area contributed by atoms with E-state index in [0.29, 0.717) is 5.69 Å². The van der Waals surface area contributed by atoms with E-state index in [1.807, 2.05) is 18.4 Å². The van der Waals surface area contributed by atoms with E-state index < -0.39 is 43.1 Å². The van der Waals surface area contributed by atoms with Gasteiger partial charge < -0.3 is 15.3 Å². The van der Waals surface area contributed by atoms with Crippen LogP contribution in [0.2, 0.25) is 0 Å². The number of likely N-dealkylation sites (tertiary alicyclic amines) is 1. The Balaban J connectivity index is 1.73. The molecule has 2 amide bonds. The van der Waals surface area contributed by atoms with Crippen LogP contribution >= 0.6 is 11.3 Å². The van der Waals surface area contributed by atoms with Gasteiger partial charge in [0.05, 0.1) is 11.8 Å². The third-order valence-corrected chi connectivity index (χ3v) is 5.33. The Bertz CT molecular complexity index is 868. The molecule has 1 aromatic heterocycles. The van der Waals surface area contributed by atoms with Gasteiger partial charge in [-0.3, -0.25) is 4.79 Å². The molecule has 0 aliphatic carbocycles. The summed E-state index contributed by atoms with van der Waals surface area (Å²) in [4.78, 5) is 28.7. The number of aliphatic carboxylic acids is 1. The second-order valence-electron chi connectivity index (χ2n) is 6.30. The number of carboxylic acid groups (broad SMARTS) is 1. The number of benzene rings is 1. The Labute approximate surface area is 156 Å². The van der Waals surface area contributed by atoms with Crippen LogP contribution < -0.4 is 5.32 Å². The summed E-state index contributed by atoms with van der Waals surface area (Å²) in [6.45, 7) is 0.684. The van der Waals surface area contributed by atoms with E-state index in [-0.39, 0.29) is 0 Å². The summed E-state index contributed by atoms with van der Waals surface area (Å²) in [5, 5.41) is 14.2. The van der Waals surface area contributed by atoms with Crippen molar-refractivity contribution >= 4 is 29.0 Å². The largest absolute Gasteiger partial charge is 0.481 e. The molecule has 2 N–H and O–H groups in total. The van der Waals surface area contributed by atoms with Crippen LogP contribution in [0.5, 0.6) is 0 Å². The van der Waals surface area contributed by atoms with Crippen LogP contribution in [0.1, 0.15) is 5.69 Å². The molecule has 0 spiro atoms.